The number of ether oxygens (including phenoxy) is 1. The Hall–Kier alpha value is -3.63. The highest BCUT2D eigenvalue weighted by molar-refractivity contribution is 6.10. The number of aromatic amines is 1. The van der Waals surface area contributed by atoms with Crippen LogP contribution in [0.5, 0.6) is 5.75 Å². The minimum absolute atomic E-state index is 0.197. The number of rotatable bonds is 9. The second-order valence-electron chi connectivity index (χ2n) is 9.21. The van der Waals surface area contributed by atoms with Gasteiger partial charge in [0.15, 0.2) is 5.65 Å². The molecule has 0 saturated carbocycles. The highest BCUT2D eigenvalue weighted by atomic mass is 19.4. The number of benzene rings is 1. The summed E-state index contributed by atoms with van der Waals surface area (Å²) in [5.41, 5.74) is 1.82. The van der Waals surface area contributed by atoms with Crippen LogP contribution >= 0.6 is 0 Å². The lowest BCUT2D eigenvalue weighted by atomic mass is 9.79. The number of para-hydroxylation sites is 1. The second kappa shape index (κ2) is 11.8. The van der Waals surface area contributed by atoms with Crippen molar-refractivity contribution in [1.29, 1.82) is 0 Å². The zero-order chi connectivity index (χ0) is 28.1. The number of pyridine rings is 1. The molecule has 0 saturated heterocycles. The van der Waals surface area contributed by atoms with Gasteiger partial charge in [-0.05, 0) is 50.8 Å². The Morgan fingerprint density at radius 1 is 1.26 bits per heavy atom. The maximum absolute atomic E-state index is 13.5. The molecule has 3 heterocycles. The third-order valence-electron chi connectivity index (χ3n) is 6.59. The Labute approximate surface area is 220 Å². The molecule has 206 valence electrons. The second-order valence-corrected chi connectivity index (χ2v) is 9.21. The van der Waals surface area contributed by atoms with Crippen LogP contribution in [0.15, 0.2) is 36.5 Å². The van der Waals surface area contributed by atoms with Crippen LogP contribution in [0.2, 0.25) is 0 Å². The fourth-order valence-electron chi connectivity index (χ4n) is 4.55. The summed E-state index contributed by atoms with van der Waals surface area (Å²) in [5, 5.41) is 9.72. The van der Waals surface area contributed by atoms with Gasteiger partial charge in [0.1, 0.15) is 18.8 Å². The van der Waals surface area contributed by atoms with E-state index in [9.17, 15) is 22.8 Å². The highest BCUT2D eigenvalue weighted by Gasteiger charge is 2.47. The summed E-state index contributed by atoms with van der Waals surface area (Å²) in [6.45, 7) is 7.77. The van der Waals surface area contributed by atoms with Crippen molar-refractivity contribution in [2.75, 3.05) is 18.0 Å². The number of aryl methyl sites for hydroxylation is 1. The molecule has 0 spiro atoms. The van der Waals surface area contributed by atoms with Crippen molar-refractivity contribution < 1.29 is 27.5 Å². The van der Waals surface area contributed by atoms with Gasteiger partial charge < -0.3 is 15.0 Å². The molecule has 8 nitrogen and oxygen atoms in total. The first-order valence-corrected chi connectivity index (χ1v) is 12.7. The fourth-order valence-corrected chi connectivity index (χ4v) is 4.55. The van der Waals surface area contributed by atoms with Gasteiger partial charge in [0, 0.05) is 16.8 Å². The van der Waals surface area contributed by atoms with E-state index >= 15 is 0 Å². The van der Waals surface area contributed by atoms with Gasteiger partial charge in [-0.1, -0.05) is 39.0 Å². The number of halogens is 3. The van der Waals surface area contributed by atoms with Crippen LogP contribution in [0.1, 0.15) is 58.2 Å². The van der Waals surface area contributed by atoms with Gasteiger partial charge in [0.2, 0.25) is 11.8 Å². The van der Waals surface area contributed by atoms with Crippen LogP contribution in [0.25, 0.3) is 11.0 Å². The maximum atomic E-state index is 13.5. The van der Waals surface area contributed by atoms with Crippen molar-refractivity contribution in [2.45, 2.75) is 71.6 Å². The lowest BCUT2D eigenvalue weighted by Crippen LogP contribution is -2.45. The average Bonchev–Trinajstić information content (AvgIpc) is 3.37. The van der Waals surface area contributed by atoms with Crippen molar-refractivity contribution in [3.63, 3.8) is 0 Å². The van der Waals surface area contributed by atoms with Crippen molar-refractivity contribution in [3.8, 4) is 5.75 Å². The first kappa shape index (κ1) is 28.9. The van der Waals surface area contributed by atoms with E-state index in [0.717, 1.165) is 16.6 Å². The van der Waals surface area contributed by atoms with Crippen LogP contribution in [0.4, 0.5) is 18.9 Å². The lowest BCUT2D eigenvalue weighted by Gasteiger charge is -2.27. The van der Waals surface area contributed by atoms with E-state index in [2.05, 4.69) is 15.2 Å². The molecule has 2 amide bonds. The van der Waals surface area contributed by atoms with Crippen molar-refractivity contribution in [2.24, 2.45) is 0 Å². The fraction of sp³-hybridized carbons (Fsp3) is 0.481. The SMILES string of the molecule is CC.CCC(CC[C@]1(C)C(=O)N(CC(=O)NCC(F)(F)F)c2ccccc21)Oc1cnc2n[nH]c(C)c2c1. The molecule has 38 heavy (non-hydrogen) atoms. The normalized spacial score (nSPS) is 17.6. The molecular weight excluding hydrogens is 499 g/mol. The molecule has 0 fully saturated rings. The number of carbonyl (C=O) groups excluding carboxylic acids is 2. The molecule has 0 aliphatic carbocycles. The zero-order valence-electron chi connectivity index (χ0n) is 22.3. The maximum Gasteiger partial charge on any atom is 0.405 e. The van der Waals surface area contributed by atoms with Crippen molar-refractivity contribution in [1.82, 2.24) is 20.5 Å². The predicted octanol–water partition coefficient (Wildman–Crippen LogP) is 5.21. The number of carbonyl (C=O) groups is 2. The number of fused-ring (bicyclic) bond motifs is 2. The number of nitrogens with zero attached hydrogens (tertiary/aromatic N) is 3. The van der Waals surface area contributed by atoms with Gasteiger partial charge in [0.05, 0.1) is 17.7 Å². The number of aromatic nitrogens is 3. The van der Waals surface area contributed by atoms with Gasteiger partial charge in [-0.3, -0.25) is 14.7 Å². The molecule has 1 aromatic carbocycles. The standard InChI is InChI=1S/C25H28F3N5O3.C2H6/c1-4-16(36-17-11-18-15(2)31-32-22(18)29-12-17)9-10-24(3)19-7-5-6-8-20(19)33(23(24)35)13-21(34)30-14-25(26,27)28;1-2/h5-8,11-12,16H,4,9-10,13-14H2,1-3H3,(H,30,34)(H,29,31,32);1-2H3/t16?,24-;/m0./s1. The van der Waals surface area contributed by atoms with Crippen LogP contribution < -0.4 is 15.0 Å². The van der Waals surface area contributed by atoms with Crippen LogP contribution in [0.3, 0.4) is 0 Å². The quantitative estimate of drug-likeness (QED) is 0.393. The Morgan fingerprint density at radius 2 is 1.97 bits per heavy atom. The van der Waals surface area contributed by atoms with Crippen molar-refractivity contribution >= 4 is 28.5 Å². The van der Waals surface area contributed by atoms with E-state index in [1.165, 1.54) is 4.90 Å². The summed E-state index contributed by atoms with van der Waals surface area (Å²) < 4.78 is 43.7. The van der Waals surface area contributed by atoms with E-state index < -0.39 is 30.6 Å². The molecule has 0 radical (unpaired) electrons. The van der Waals surface area contributed by atoms with E-state index in [1.54, 1.807) is 31.3 Å². The number of nitrogens with one attached hydrogen (secondary N) is 2. The lowest BCUT2D eigenvalue weighted by molar-refractivity contribution is -0.138. The Bertz CT molecular complexity index is 1280. The molecule has 3 aromatic rings. The number of hydrogen-bond donors (Lipinski definition) is 2. The third-order valence-corrected chi connectivity index (χ3v) is 6.59. The molecule has 4 rings (SSSR count). The summed E-state index contributed by atoms with van der Waals surface area (Å²) in [5.74, 6) is -0.588. The summed E-state index contributed by atoms with van der Waals surface area (Å²) in [6, 6.07) is 8.94. The van der Waals surface area contributed by atoms with E-state index in [1.807, 2.05) is 45.1 Å². The van der Waals surface area contributed by atoms with Crippen molar-refractivity contribution in [3.05, 3.63) is 47.8 Å². The average molecular weight is 534 g/mol. The minimum Gasteiger partial charge on any atom is -0.489 e. The Morgan fingerprint density at radius 3 is 2.66 bits per heavy atom. The Kier molecular flexibility index (Phi) is 9.01. The number of amides is 2. The molecule has 0 bridgehead atoms. The van der Waals surface area contributed by atoms with Crippen LogP contribution in [-0.2, 0) is 15.0 Å². The molecule has 2 N–H and O–H groups in total. The number of anilines is 1. The number of hydrogen-bond acceptors (Lipinski definition) is 5. The van der Waals surface area contributed by atoms with Crippen LogP contribution in [-0.4, -0.2) is 52.4 Å². The molecule has 2 atom stereocenters. The van der Waals surface area contributed by atoms with E-state index in [0.29, 0.717) is 36.3 Å². The number of alkyl halides is 3. The minimum atomic E-state index is -4.53. The van der Waals surface area contributed by atoms with E-state index in [-0.39, 0.29) is 12.0 Å². The van der Waals surface area contributed by atoms with E-state index in [4.69, 9.17) is 4.74 Å². The van der Waals surface area contributed by atoms with Gasteiger partial charge in [-0.25, -0.2) is 4.98 Å². The Balaban J connectivity index is 0.00000195. The first-order valence-electron chi connectivity index (χ1n) is 12.7. The third kappa shape index (κ3) is 6.25. The topological polar surface area (TPSA) is 100 Å². The van der Waals surface area contributed by atoms with Gasteiger partial charge in [-0.2, -0.15) is 18.3 Å². The summed E-state index contributed by atoms with van der Waals surface area (Å²) in [4.78, 5) is 31.3. The molecule has 1 unspecified atom stereocenters. The molecular formula is C27H34F3N5O3. The molecule has 1 aliphatic heterocycles. The predicted molar refractivity (Wildman–Crippen MR) is 139 cm³/mol. The molecule has 11 heteroatoms. The largest absolute Gasteiger partial charge is 0.489 e. The smallest absolute Gasteiger partial charge is 0.405 e. The summed E-state index contributed by atoms with van der Waals surface area (Å²) in [6.07, 6.45) is -1.44. The molecule has 2 aromatic heterocycles. The van der Waals surface area contributed by atoms with Gasteiger partial charge in [0.25, 0.3) is 0 Å². The van der Waals surface area contributed by atoms with Crippen LogP contribution in [0, 0.1) is 6.92 Å². The van der Waals surface area contributed by atoms with Gasteiger partial charge in [-0.15, -0.1) is 0 Å². The highest BCUT2D eigenvalue weighted by Crippen LogP contribution is 2.44. The summed E-state index contributed by atoms with van der Waals surface area (Å²) in [7, 11) is 0. The number of H-pyrrole nitrogens is 1. The monoisotopic (exact) mass is 533 g/mol. The molecule has 1 aliphatic rings. The first-order chi connectivity index (χ1) is 18.0. The zero-order valence-corrected chi connectivity index (χ0v) is 22.3. The summed E-state index contributed by atoms with van der Waals surface area (Å²) >= 11 is 0. The van der Waals surface area contributed by atoms with Gasteiger partial charge >= 0.3 is 6.18 Å².